The molecule has 1 aromatic heterocycles. The minimum atomic E-state index is -1.10. The minimum absolute atomic E-state index is 0.0804. The number of aromatic nitrogens is 2. The van der Waals surface area contributed by atoms with E-state index in [4.69, 9.17) is 14.6 Å². The maximum absolute atomic E-state index is 13.8. The number of rotatable bonds is 3. The number of aliphatic hydroxyl groups is 2. The lowest BCUT2D eigenvalue weighted by Gasteiger charge is -2.18. The fourth-order valence-electron chi connectivity index (χ4n) is 2.09. The van der Waals surface area contributed by atoms with Crippen LogP contribution in [0.3, 0.4) is 0 Å². The van der Waals surface area contributed by atoms with Crippen molar-refractivity contribution < 1.29 is 24.1 Å². The molecule has 8 heteroatoms. The molecule has 0 aliphatic carbocycles. The highest BCUT2D eigenvalue weighted by Gasteiger charge is 2.46. The highest BCUT2D eigenvalue weighted by molar-refractivity contribution is 5.12. The van der Waals surface area contributed by atoms with Gasteiger partial charge in [0.25, 0.3) is 5.56 Å². The van der Waals surface area contributed by atoms with Crippen LogP contribution in [0, 0.1) is 12.9 Å². The molecular formula is C11H15FN2O5. The first kappa shape index (κ1) is 14.1. The van der Waals surface area contributed by atoms with Gasteiger partial charge in [-0.25, -0.2) is 4.98 Å². The van der Waals surface area contributed by atoms with Gasteiger partial charge in [0.15, 0.2) is 0 Å². The summed E-state index contributed by atoms with van der Waals surface area (Å²) >= 11 is 0. The largest absolute Gasteiger partial charge is 0.394 e. The number of nitrogens with zero attached hydrogens (tertiary/aromatic N) is 1. The van der Waals surface area contributed by atoms with Crippen molar-refractivity contribution in [1.29, 1.82) is 0 Å². The van der Waals surface area contributed by atoms with E-state index < -0.39 is 42.5 Å². The molecule has 0 bridgehead atoms. The molecule has 7 nitrogen and oxygen atoms in total. The Morgan fingerprint density at radius 1 is 1.58 bits per heavy atom. The number of aromatic amines is 1. The predicted octanol–water partition coefficient (Wildman–Crippen LogP) is -0.974. The van der Waals surface area contributed by atoms with Crippen LogP contribution in [-0.2, 0) is 9.47 Å². The second-order valence-corrected chi connectivity index (χ2v) is 4.32. The van der Waals surface area contributed by atoms with Gasteiger partial charge in [0.2, 0.25) is 5.95 Å². The number of nitrogens with one attached hydrogen (secondary N) is 1. The van der Waals surface area contributed by atoms with Gasteiger partial charge in [0.05, 0.1) is 6.61 Å². The zero-order valence-electron chi connectivity index (χ0n) is 10.5. The summed E-state index contributed by atoms with van der Waals surface area (Å²) in [6, 6.07) is 0. The highest BCUT2D eigenvalue weighted by Crippen LogP contribution is 2.34. The predicted molar refractivity (Wildman–Crippen MR) is 61.1 cm³/mol. The quantitative estimate of drug-likeness (QED) is 0.655. The van der Waals surface area contributed by atoms with Crippen LogP contribution in [-0.4, -0.2) is 52.2 Å². The van der Waals surface area contributed by atoms with E-state index in [0.717, 1.165) is 0 Å². The first-order valence-corrected chi connectivity index (χ1v) is 5.73. The van der Waals surface area contributed by atoms with Crippen molar-refractivity contribution in [1.82, 2.24) is 9.97 Å². The molecule has 1 aliphatic heterocycles. The smallest absolute Gasteiger partial charge is 0.271 e. The second-order valence-electron chi connectivity index (χ2n) is 4.32. The third kappa shape index (κ3) is 2.39. The SMILES string of the molecule is COC1C(O)[C@@H](CO)O[C@H]1c1nc(C)c(=O)[nH]c1F. The zero-order valence-corrected chi connectivity index (χ0v) is 10.5. The Morgan fingerprint density at radius 2 is 2.26 bits per heavy atom. The topological polar surface area (TPSA) is 105 Å². The maximum Gasteiger partial charge on any atom is 0.271 e. The summed E-state index contributed by atoms with van der Waals surface area (Å²) in [4.78, 5) is 17.1. The summed E-state index contributed by atoms with van der Waals surface area (Å²) in [5, 5.41) is 18.9. The Balaban J connectivity index is 2.41. The van der Waals surface area contributed by atoms with Crippen LogP contribution in [0.1, 0.15) is 17.5 Å². The van der Waals surface area contributed by atoms with E-state index in [0.29, 0.717) is 0 Å². The van der Waals surface area contributed by atoms with Crippen molar-refractivity contribution in [3.8, 4) is 0 Å². The number of aliphatic hydroxyl groups excluding tert-OH is 2. The number of aryl methyl sites for hydroxylation is 1. The minimum Gasteiger partial charge on any atom is -0.394 e. The number of hydrogen-bond acceptors (Lipinski definition) is 6. The third-order valence-electron chi connectivity index (χ3n) is 3.12. The Morgan fingerprint density at radius 3 is 2.84 bits per heavy atom. The van der Waals surface area contributed by atoms with Crippen LogP contribution >= 0.6 is 0 Å². The van der Waals surface area contributed by atoms with Crippen molar-refractivity contribution in [2.75, 3.05) is 13.7 Å². The third-order valence-corrected chi connectivity index (χ3v) is 3.12. The van der Waals surface area contributed by atoms with Gasteiger partial charge in [0, 0.05) is 7.11 Å². The van der Waals surface area contributed by atoms with E-state index >= 15 is 0 Å². The molecule has 3 N–H and O–H groups in total. The lowest BCUT2D eigenvalue weighted by atomic mass is 10.1. The fourth-order valence-corrected chi connectivity index (χ4v) is 2.09. The van der Waals surface area contributed by atoms with Crippen LogP contribution < -0.4 is 5.56 Å². The molecule has 0 saturated carbocycles. The second kappa shape index (κ2) is 5.33. The number of methoxy groups -OCH3 is 1. The van der Waals surface area contributed by atoms with E-state index in [2.05, 4.69) is 4.98 Å². The standard InChI is InChI=1S/C11H15FN2O5/c1-4-11(17)14-10(12)6(13-4)8-9(18-2)7(16)5(3-15)19-8/h5,7-9,15-16H,3H2,1-2H3,(H,14,17)/t5-,7?,8+,9?/m1/s1. The van der Waals surface area contributed by atoms with Gasteiger partial charge in [-0.15, -0.1) is 0 Å². The molecule has 0 amide bonds. The van der Waals surface area contributed by atoms with Crippen LogP contribution in [0.5, 0.6) is 0 Å². The van der Waals surface area contributed by atoms with Gasteiger partial charge in [-0.3, -0.25) is 9.78 Å². The molecule has 1 fully saturated rings. The summed E-state index contributed by atoms with van der Waals surface area (Å²) in [5.41, 5.74) is -0.705. The van der Waals surface area contributed by atoms with Crippen LogP contribution in [0.4, 0.5) is 4.39 Å². The van der Waals surface area contributed by atoms with E-state index in [-0.39, 0.29) is 11.4 Å². The van der Waals surface area contributed by atoms with Crippen LogP contribution in [0.2, 0.25) is 0 Å². The van der Waals surface area contributed by atoms with Crippen molar-refractivity contribution >= 4 is 0 Å². The van der Waals surface area contributed by atoms with Gasteiger partial charge < -0.3 is 19.7 Å². The monoisotopic (exact) mass is 274 g/mol. The van der Waals surface area contributed by atoms with E-state index in [1.807, 2.05) is 4.98 Å². The summed E-state index contributed by atoms with van der Waals surface area (Å²) in [7, 11) is 1.33. The number of ether oxygens (including phenoxy) is 2. The number of hydrogen-bond donors (Lipinski definition) is 3. The first-order chi connectivity index (χ1) is 8.99. The average molecular weight is 274 g/mol. The molecule has 2 rings (SSSR count). The Bertz CT molecular complexity index is 520. The van der Waals surface area contributed by atoms with Gasteiger partial charge in [-0.1, -0.05) is 0 Å². The summed E-state index contributed by atoms with van der Waals surface area (Å²) < 4.78 is 24.2. The average Bonchev–Trinajstić information content (AvgIpc) is 2.70. The number of halogens is 1. The molecule has 1 aliphatic rings. The van der Waals surface area contributed by atoms with E-state index in [1.54, 1.807) is 0 Å². The normalized spacial score (nSPS) is 30.8. The molecule has 2 unspecified atom stereocenters. The molecule has 1 saturated heterocycles. The van der Waals surface area contributed by atoms with Crippen LogP contribution in [0.15, 0.2) is 4.79 Å². The molecule has 106 valence electrons. The van der Waals surface area contributed by atoms with Gasteiger partial charge in [-0.05, 0) is 6.92 Å². The molecule has 0 aromatic carbocycles. The van der Waals surface area contributed by atoms with Crippen LogP contribution in [0.25, 0.3) is 0 Å². The summed E-state index contributed by atoms with van der Waals surface area (Å²) in [6.07, 6.45) is -3.85. The molecule has 4 atom stereocenters. The highest BCUT2D eigenvalue weighted by atomic mass is 19.1. The Hall–Kier alpha value is -1.35. The van der Waals surface area contributed by atoms with Crippen molar-refractivity contribution in [2.45, 2.75) is 31.3 Å². The lowest BCUT2D eigenvalue weighted by molar-refractivity contribution is -0.0267. The van der Waals surface area contributed by atoms with E-state index in [1.165, 1.54) is 14.0 Å². The summed E-state index contributed by atoms with van der Waals surface area (Å²) in [6.45, 7) is 1.000. The first-order valence-electron chi connectivity index (χ1n) is 5.73. The Labute approximate surface area is 108 Å². The molecule has 0 spiro atoms. The maximum atomic E-state index is 13.8. The molecule has 19 heavy (non-hydrogen) atoms. The van der Waals surface area contributed by atoms with Gasteiger partial charge in [0.1, 0.15) is 35.8 Å². The number of H-pyrrole nitrogens is 1. The lowest BCUT2D eigenvalue weighted by Crippen LogP contribution is -2.34. The van der Waals surface area contributed by atoms with Gasteiger partial charge >= 0.3 is 0 Å². The Kier molecular flexibility index (Phi) is 3.95. The molecular weight excluding hydrogens is 259 g/mol. The van der Waals surface area contributed by atoms with Crippen molar-refractivity contribution in [2.24, 2.45) is 0 Å². The fraction of sp³-hybridized carbons (Fsp3) is 0.636. The molecule has 1 aromatic rings. The zero-order chi connectivity index (χ0) is 14.2. The van der Waals surface area contributed by atoms with E-state index in [9.17, 15) is 14.3 Å². The summed E-state index contributed by atoms with van der Waals surface area (Å²) in [5.74, 6) is -0.937. The van der Waals surface area contributed by atoms with Crippen molar-refractivity contribution in [3.05, 3.63) is 27.7 Å². The van der Waals surface area contributed by atoms with Gasteiger partial charge in [-0.2, -0.15) is 4.39 Å². The van der Waals surface area contributed by atoms with Crippen molar-refractivity contribution in [3.63, 3.8) is 0 Å². The molecule has 2 heterocycles. The molecule has 0 radical (unpaired) electrons.